The first-order valence-electron chi connectivity index (χ1n) is 6.69. The Labute approximate surface area is 152 Å². The van der Waals surface area contributed by atoms with Crippen LogP contribution in [-0.4, -0.2) is 50.4 Å². The Morgan fingerprint density at radius 2 is 1.79 bits per heavy atom. The van der Waals surface area contributed by atoms with Gasteiger partial charge in [-0.05, 0) is 47.2 Å². The monoisotopic (exact) mass is 466 g/mol. The van der Waals surface area contributed by atoms with E-state index in [4.69, 9.17) is 4.74 Å². The number of esters is 2. The molecule has 130 valence electrons. The van der Waals surface area contributed by atoms with Crippen molar-refractivity contribution in [3.05, 3.63) is 32.7 Å². The normalized spacial score (nSPS) is 12.9. The highest BCUT2D eigenvalue weighted by Gasteiger charge is 2.28. The highest BCUT2D eigenvalue weighted by molar-refractivity contribution is 14.1. The number of carbonyl (C=O) groups excluding carboxylic acids is 2. The van der Waals surface area contributed by atoms with Gasteiger partial charge in [0.1, 0.15) is 9.26 Å². The summed E-state index contributed by atoms with van der Waals surface area (Å²) in [5.41, 5.74) is 0.506. The molecule has 0 amide bonds. The standard InChI is InChI=1S/C14H15IN2O6S/c1-7(24(4,20)21)8-5-9-11(13(18)22-2)12(14(19)23-3)16-17(9)10(15)6-8/h5-7H,1-4H3. The summed E-state index contributed by atoms with van der Waals surface area (Å²) in [4.78, 5) is 24.0. The maximum atomic E-state index is 12.1. The Kier molecular flexibility index (Phi) is 5.18. The quantitative estimate of drug-likeness (QED) is 0.383. The molecule has 0 radical (unpaired) electrons. The number of ether oxygens (including phenoxy) is 2. The number of sulfone groups is 1. The Bertz CT molecular complexity index is 934. The van der Waals surface area contributed by atoms with E-state index in [0.717, 1.165) is 6.26 Å². The lowest BCUT2D eigenvalue weighted by Crippen LogP contribution is -2.11. The molecule has 0 aliphatic heterocycles. The highest BCUT2D eigenvalue weighted by Crippen LogP contribution is 2.28. The first kappa shape index (κ1) is 18.6. The van der Waals surface area contributed by atoms with E-state index >= 15 is 0 Å². The first-order chi connectivity index (χ1) is 11.1. The number of methoxy groups -OCH3 is 2. The van der Waals surface area contributed by atoms with Crippen LogP contribution in [0.5, 0.6) is 0 Å². The molecule has 0 N–H and O–H groups in total. The van der Waals surface area contributed by atoms with Crippen molar-refractivity contribution in [3.8, 4) is 0 Å². The smallest absolute Gasteiger partial charge is 0.359 e. The van der Waals surface area contributed by atoms with Gasteiger partial charge < -0.3 is 9.47 Å². The number of hydrogen-bond acceptors (Lipinski definition) is 7. The van der Waals surface area contributed by atoms with Crippen molar-refractivity contribution >= 4 is 49.9 Å². The van der Waals surface area contributed by atoms with E-state index in [1.54, 1.807) is 13.0 Å². The molecule has 0 fully saturated rings. The fraction of sp³-hybridized carbons (Fsp3) is 0.357. The second-order valence-electron chi connectivity index (χ2n) is 5.09. The molecule has 0 bridgehead atoms. The zero-order valence-corrected chi connectivity index (χ0v) is 16.3. The molecule has 2 aromatic heterocycles. The van der Waals surface area contributed by atoms with Crippen LogP contribution in [0, 0.1) is 3.70 Å². The maximum absolute atomic E-state index is 12.1. The van der Waals surface area contributed by atoms with E-state index in [0.29, 0.717) is 9.26 Å². The largest absolute Gasteiger partial charge is 0.465 e. The van der Waals surface area contributed by atoms with Crippen molar-refractivity contribution in [1.29, 1.82) is 0 Å². The van der Waals surface area contributed by atoms with Crippen LogP contribution >= 0.6 is 22.6 Å². The number of hydrogen-bond donors (Lipinski definition) is 0. The van der Waals surface area contributed by atoms with Crippen LogP contribution in [0.25, 0.3) is 5.52 Å². The fourth-order valence-corrected chi connectivity index (χ4v) is 3.51. The lowest BCUT2D eigenvalue weighted by Gasteiger charge is -2.11. The van der Waals surface area contributed by atoms with Crippen LogP contribution < -0.4 is 0 Å². The predicted molar refractivity (Wildman–Crippen MR) is 93.8 cm³/mol. The molecule has 1 atom stereocenters. The summed E-state index contributed by atoms with van der Waals surface area (Å²) < 4.78 is 34.9. The van der Waals surface area contributed by atoms with Gasteiger partial charge in [0.25, 0.3) is 0 Å². The predicted octanol–water partition coefficient (Wildman–Crippen LogP) is 1.62. The van der Waals surface area contributed by atoms with Gasteiger partial charge in [-0.2, -0.15) is 5.10 Å². The Hall–Kier alpha value is -1.69. The molecule has 2 aromatic rings. The Balaban J connectivity index is 2.85. The second kappa shape index (κ2) is 6.67. The average molecular weight is 466 g/mol. The van der Waals surface area contributed by atoms with Crippen LogP contribution in [0.15, 0.2) is 12.1 Å². The molecule has 0 aromatic carbocycles. The summed E-state index contributed by atoms with van der Waals surface area (Å²) in [5, 5.41) is 3.32. The average Bonchev–Trinajstić information content (AvgIpc) is 2.91. The van der Waals surface area contributed by atoms with Crippen molar-refractivity contribution in [2.45, 2.75) is 12.2 Å². The van der Waals surface area contributed by atoms with Gasteiger partial charge in [-0.1, -0.05) is 0 Å². The van der Waals surface area contributed by atoms with Gasteiger partial charge in [0.2, 0.25) is 0 Å². The maximum Gasteiger partial charge on any atom is 0.359 e. The molecule has 0 aliphatic carbocycles. The van der Waals surface area contributed by atoms with E-state index in [9.17, 15) is 18.0 Å². The van der Waals surface area contributed by atoms with Gasteiger partial charge in [-0.25, -0.2) is 22.5 Å². The number of carbonyl (C=O) groups is 2. The highest BCUT2D eigenvalue weighted by atomic mass is 127. The number of aromatic nitrogens is 2. The SMILES string of the molecule is COC(=O)c1nn2c(I)cc(C(C)S(C)(=O)=O)cc2c1C(=O)OC. The zero-order chi connectivity index (χ0) is 18.2. The molecule has 10 heteroatoms. The van der Waals surface area contributed by atoms with Gasteiger partial charge in [-0.15, -0.1) is 0 Å². The third-order valence-electron chi connectivity index (χ3n) is 3.59. The minimum Gasteiger partial charge on any atom is -0.465 e. The number of halogens is 1. The lowest BCUT2D eigenvalue weighted by molar-refractivity contribution is 0.0553. The van der Waals surface area contributed by atoms with Crippen molar-refractivity contribution < 1.29 is 27.5 Å². The molecule has 1 unspecified atom stereocenters. The van der Waals surface area contributed by atoms with Gasteiger partial charge in [0, 0.05) is 6.26 Å². The number of nitrogens with zero attached hydrogens (tertiary/aromatic N) is 2. The second-order valence-corrected chi connectivity index (χ2v) is 8.56. The van der Waals surface area contributed by atoms with Crippen LogP contribution in [-0.2, 0) is 19.3 Å². The van der Waals surface area contributed by atoms with Crippen molar-refractivity contribution in [2.24, 2.45) is 0 Å². The van der Waals surface area contributed by atoms with E-state index in [1.165, 1.54) is 24.8 Å². The first-order valence-corrected chi connectivity index (χ1v) is 9.72. The van der Waals surface area contributed by atoms with Crippen molar-refractivity contribution in [3.63, 3.8) is 0 Å². The summed E-state index contributed by atoms with van der Waals surface area (Å²) >= 11 is 1.95. The third-order valence-corrected chi connectivity index (χ3v) is 5.92. The number of fused-ring (bicyclic) bond motifs is 1. The molecule has 2 rings (SSSR count). The van der Waals surface area contributed by atoms with Crippen LogP contribution in [0.2, 0.25) is 0 Å². The number of pyridine rings is 1. The zero-order valence-electron chi connectivity index (χ0n) is 13.4. The van der Waals surface area contributed by atoms with Gasteiger partial charge >= 0.3 is 11.9 Å². The molecule has 0 aliphatic rings. The minimum atomic E-state index is -3.33. The van der Waals surface area contributed by atoms with Gasteiger partial charge in [-0.3, -0.25) is 0 Å². The van der Waals surface area contributed by atoms with Crippen LogP contribution in [0.4, 0.5) is 0 Å². The molecule has 8 nitrogen and oxygen atoms in total. The summed E-state index contributed by atoms with van der Waals surface area (Å²) in [5.74, 6) is -1.54. The molecule has 0 saturated carbocycles. The van der Waals surface area contributed by atoms with Gasteiger partial charge in [0.05, 0.1) is 25.0 Å². The van der Waals surface area contributed by atoms with Crippen LogP contribution in [0.1, 0.15) is 38.6 Å². The minimum absolute atomic E-state index is 0.0650. The lowest BCUT2D eigenvalue weighted by atomic mass is 10.1. The summed E-state index contributed by atoms with van der Waals surface area (Å²) in [6.45, 7) is 1.55. The van der Waals surface area contributed by atoms with E-state index in [-0.39, 0.29) is 16.8 Å². The third kappa shape index (κ3) is 3.24. The topological polar surface area (TPSA) is 104 Å². The van der Waals surface area contributed by atoms with Crippen molar-refractivity contribution in [1.82, 2.24) is 9.61 Å². The molecule has 2 heterocycles. The summed E-state index contributed by atoms with van der Waals surface area (Å²) in [6.07, 6.45) is 1.13. The Morgan fingerprint density at radius 1 is 1.21 bits per heavy atom. The number of rotatable bonds is 4. The fourth-order valence-electron chi connectivity index (χ4n) is 2.15. The molecular weight excluding hydrogens is 451 g/mol. The van der Waals surface area contributed by atoms with E-state index < -0.39 is 27.0 Å². The Morgan fingerprint density at radius 3 is 2.29 bits per heavy atom. The van der Waals surface area contributed by atoms with Crippen LogP contribution in [0.3, 0.4) is 0 Å². The molecular formula is C14H15IN2O6S. The molecule has 24 heavy (non-hydrogen) atoms. The molecule has 0 spiro atoms. The van der Waals surface area contributed by atoms with E-state index in [1.807, 2.05) is 22.6 Å². The molecule has 0 saturated heterocycles. The van der Waals surface area contributed by atoms with Gasteiger partial charge in [0.15, 0.2) is 15.5 Å². The van der Waals surface area contributed by atoms with E-state index in [2.05, 4.69) is 9.84 Å². The summed E-state index contributed by atoms with van der Waals surface area (Å²) in [6, 6.07) is 3.15. The summed E-state index contributed by atoms with van der Waals surface area (Å²) in [7, 11) is -0.977. The van der Waals surface area contributed by atoms with Crippen molar-refractivity contribution in [2.75, 3.05) is 20.5 Å².